The summed E-state index contributed by atoms with van der Waals surface area (Å²) in [6, 6.07) is 6.53. The first-order chi connectivity index (χ1) is 10.0. The SMILES string of the molecule is N#Cc1ccc(NC(=O)[C@@H]2CCCC[C@@H]2C(=O)O)c(Cl)c1. The van der Waals surface area contributed by atoms with Crippen LogP contribution in [-0.2, 0) is 9.59 Å². The topological polar surface area (TPSA) is 90.2 Å². The summed E-state index contributed by atoms with van der Waals surface area (Å²) in [6.07, 6.45) is 2.77. The fraction of sp³-hybridized carbons (Fsp3) is 0.400. The quantitative estimate of drug-likeness (QED) is 0.898. The minimum absolute atomic E-state index is 0.269. The molecule has 5 nitrogen and oxygen atoms in total. The Labute approximate surface area is 127 Å². The Morgan fingerprint density at radius 2 is 1.95 bits per heavy atom. The molecule has 1 aromatic rings. The van der Waals surface area contributed by atoms with Crippen molar-refractivity contribution < 1.29 is 14.7 Å². The predicted molar refractivity (Wildman–Crippen MR) is 77.9 cm³/mol. The second kappa shape index (κ2) is 6.59. The predicted octanol–water partition coefficient (Wildman–Crippen LogP) is 3.04. The van der Waals surface area contributed by atoms with Crippen molar-refractivity contribution in [1.82, 2.24) is 0 Å². The van der Waals surface area contributed by atoms with Crippen molar-refractivity contribution in [2.75, 3.05) is 5.32 Å². The molecule has 110 valence electrons. The highest BCUT2D eigenvalue weighted by Crippen LogP contribution is 2.32. The molecular weight excluding hydrogens is 292 g/mol. The lowest BCUT2D eigenvalue weighted by atomic mass is 9.78. The van der Waals surface area contributed by atoms with E-state index in [1.807, 2.05) is 6.07 Å². The molecule has 0 heterocycles. The Bertz CT molecular complexity index is 609. The monoisotopic (exact) mass is 306 g/mol. The standard InChI is InChI=1S/C15H15ClN2O3/c16-12-7-9(8-17)5-6-13(12)18-14(19)10-3-1-2-4-11(10)15(20)21/h5-7,10-11H,1-4H2,(H,18,19)(H,20,21)/t10-,11+/m1/s1. The molecule has 0 unspecified atom stereocenters. The van der Waals surface area contributed by atoms with Crippen molar-refractivity contribution in [3.63, 3.8) is 0 Å². The van der Waals surface area contributed by atoms with Crippen molar-refractivity contribution in [2.45, 2.75) is 25.7 Å². The lowest BCUT2D eigenvalue weighted by molar-refractivity contribution is -0.147. The maximum Gasteiger partial charge on any atom is 0.307 e. The van der Waals surface area contributed by atoms with E-state index in [-0.39, 0.29) is 10.9 Å². The first kappa shape index (κ1) is 15.3. The fourth-order valence-electron chi connectivity index (χ4n) is 2.65. The molecule has 1 fully saturated rings. The molecule has 0 bridgehead atoms. The number of rotatable bonds is 3. The van der Waals surface area contributed by atoms with Gasteiger partial charge < -0.3 is 10.4 Å². The van der Waals surface area contributed by atoms with Crippen LogP contribution >= 0.6 is 11.6 Å². The van der Waals surface area contributed by atoms with Crippen LogP contribution in [0, 0.1) is 23.2 Å². The van der Waals surface area contributed by atoms with Crippen molar-refractivity contribution in [3.05, 3.63) is 28.8 Å². The summed E-state index contributed by atoms with van der Waals surface area (Å²) < 4.78 is 0. The maximum atomic E-state index is 12.3. The van der Waals surface area contributed by atoms with Crippen molar-refractivity contribution in [3.8, 4) is 6.07 Å². The molecule has 2 N–H and O–H groups in total. The third-order valence-electron chi connectivity index (χ3n) is 3.78. The van der Waals surface area contributed by atoms with Gasteiger partial charge in [-0.25, -0.2) is 0 Å². The number of benzene rings is 1. The molecule has 1 amide bonds. The molecule has 21 heavy (non-hydrogen) atoms. The second-order valence-corrected chi connectivity index (χ2v) is 5.54. The summed E-state index contributed by atoms with van der Waals surface area (Å²) in [7, 11) is 0. The van der Waals surface area contributed by atoms with E-state index in [9.17, 15) is 14.7 Å². The third-order valence-corrected chi connectivity index (χ3v) is 4.09. The molecule has 1 saturated carbocycles. The van der Waals surface area contributed by atoms with Gasteiger partial charge in [-0.2, -0.15) is 5.26 Å². The highest BCUT2D eigenvalue weighted by molar-refractivity contribution is 6.33. The molecule has 1 aliphatic carbocycles. The van der Waals surface area contributed by atoms with Crippen LogP contribution in [0.4, 0.5) is 5.69 Å². The van der Waals surface area contributed by atoms with Gasteiger partial charge in [0.05, 0.1) is 34.2 Å². The van der Waals surface area contributed by atoms with E-state index in [1.165, 1.54) is 6.07 Å². The van der Waals surface area contributed by atoms with E-state index in [4.69, 9.17) is 16.9 Å². The number of halogens is 1. The Morgan fingerprint density at radius 3 is 2.52 bits per heavy atom. The number of carboxylic acid groups (broad SMARTS) is 1. The van der Waals surface area contributed by atoms with E-state index in [0.29, 0.717) is 24.1 Å². The van der Waals surface area contributed by atoms with Crippen molar-refractivity contribution in [2.24, 2.45) is 11.8 Å². The molecule has 0 aliphatic heterocycles. The number of nitrogens with zero attached hydrogens (tertiary/aromatic N) is 1. The minimum atomic E-state index is -0.930. The van der Waals surface area contributed by atoms with Gasteiger partial charge in [-0.1, -0.05) is 24.4 Å². The Kier molecular flexibility index (Phi) is 4.81. The molecule has 1 aliphatic rings. The number of hydrogen-bond donors (Lipinski definition) is 2. The number of nitriles is 1. The van der Waals surface area contributed by atoms with Crippen LogP contribution in [0.3, 0.4) is 0 Å². The smallest absolute Gasteiger partial charge is 0.307 e. The van der Waals surface area contributed by atoms with Gasteiger partial charge in [-0.3, -0.25) is 9.59 Å². The largest absolute Gasteiger partial charge is 0.481 e. The Hall–Kier alpha value is -2.06. The van der Waals surface area contributed by atoms with Gasteiger partial charge in [0.2, 0.25) is 5.91 Å². The van der Waals surface area contributed by atoms with Crippen LogP contribution < -0.4 is 5.32 Å². The zero-order chi connectivity index (χ0) is 15.4. The zero-order valence-corrected chi connectivity index (χ0v) is 12.1. The van der Waals surface area contributed by atoms with Crippen LogP contribution in [0.2, 0.25) is 5.02 Å². The summed E-state index contributed by atoms with van der Waals surface area (Å²) in [5, 5.41) is 20.9. The molecule has 0 aromatic heterocycles. The Morgan fingerprint density at radius 1 is 1.29 bits per heavy atom. The summed E-state index contributed by atoms with van der Waals surface area (Å²) >= 11 is 6.01. The molecule has 1 aromatic carbocycles. The lowest BCUT2D eigenvalue weighted by Gasteiger charge is -2.27. The molecule has 2 atom stereocenters. The molecule has 0 spiro atoms. The summed E-state index contributed by atoms with van der Waals surface area (Å²) in [5.74, 6) is -2.44. The van der Waals surface area contributed by atoms with Crippen molar-refractivity contribution in [1.29, 1.82) is 5.26 Å². The number of carboxylic acids is 1. The number of nitrogens with one attached hydrogen (secondary N) is 1. The number of carbonyl (C=O) groups is 2. The van der Waals surface area contributed by atoms with E-state index in [0.717, 1.165) is 12.8 Å². The van der Waals surface area contributed by atoms with E-state index >= 15 is 0 Å². The Balaban J connectivity index is 2.13. The van der Waals surface area contributed by atoms with Gasteiger partial charge in [0, 0.05) is 0 Å². The van der Waals surface area contributed by atoms with E-state index in [1.54, 1.807) is 12.1 Å². The highest BCUT2D eigenvalue weighted by Gasteiger charge is 2.35. The molecular formula is C15H15ClN2O3. The summed E-state index contributed by atoms with van der Waals surface area (Å²) in [5.41, 5.74) is 0.800. The zero-order valence-electron chi connectivity index (χ0n) is 11.3. The van der Waals surface area contributed by atoms with E-state index in [2.05, 4.69) is 5.32 Å². The average molecular weight is 307 g/mol. The first-order valence-corrected chi connectivity index (χ1v) is 7.14. The summed E-state index contributed by atoms with van der Waals surface area (Å²) in [4.78, 5) is 23.5. The second-order valence-electron chi connectivity index (χ2n) is 5.13. The van der Waals surface area contributed by atoms with Crippen LogP contribution in [0.15, 0.2) is 18.2 Å². The lowest BCUT2D eigenvalue weighted by Crippen LogP contribution is -2.36. The van der Waals surface area contributed by atoms with Gasteiger partial charge in [0.25, 0.3) is 0 Å². The fourth-order valence-corrected chi connectivity index (χ4v) is 2.88. The molecule has 2 rings (SSSR count). The van der Waals surface area contributed by atoms with Crippen LogP contribution in [0.5, 0.6) is 0 Å². The number of anilines is 1. The van der Waals surface area contributed by atoms with Gasteiger partial charge in [0.15, 0.2) is 0 Å². The highest BCUT2D eigenvalue weighted by atomic mass is 35.5. The van der Waals surface area contributed by atoms with Gasteiger partial charge in [0.1, 0.15) is 0 Å². The molecule has 0 saturated heterocycles. The van der Waals surface area contributed by atoms with E-state index < -0.39 is 17.8 Å². The molecule has 6 heteroatoms. The van der Waals surface area contributed by atoms with Crippen molar-refractivity contribution >= 4 is 29.2 Å². The molecule has 0 radical (unpaired) electrons. The van der Waals surface area contributed by atoms with Crippen LogP contribution in [0.1, 0.15) is 31.2 Å². The van der Waals surface area contributed by atoms with Gasteiger partial charge in [-0.15, -0.1) is 0 Å². The van der Waals surface area contributed by atoms with Gasteiger partial charge >= 0.3 is 5.97 Å². The number of carbonyl (C=O) groups excluding carboxylic acids is 1. The number of amides is 1. The average Bonchev–Trinajstić information content (AvgIpc) is 2.49. The first-order valence-electron chi connectivity index (χ1n) is 6.76. The minimum Gasteiger partial charge on any atom is -0.481 e. The van der Waals surface area contributed by atoms with Crippen LogP contribution in [-0.4, -0.2) is 17.0 Å². The van der Waals surface area contributed by atoms with Gasteiger partial charge in [-0.05, 0) is 31.0 Å². The number of aliphatic carboxylic acids is 1. The number of hydrogen-bond acceptors (Lipinski definition) is 3. The van der Waals surface area contributed by atoms with Crippen LogP contribution in [0.25, 0.3) is 0 Å². The summed E-state index contributed by atoms with van der Waals surface area (Å²) in [6.45, 7) is 0. The normalized spacial score (nSPS) is 21.3. The third kappa shape index (κ3) is 3.53. The maximum absolute atomic E-state index is 12.3.